The highest BCUT2D eigenvalue weighted by Gasteiger charge is 2.45. The summed E-state index contributed by atoms with van der Waals surface area (Å²) in [6, 6.07) is 0. The molecule has 6 nitrogen and oxygen atoms in total. The van der Waals surface area contributed by atoms with Crippen LogP contribution in [0.2, 0.25) is 0 Å². The maximum absolute atomic E-state index is 12.1. The standard InChI is InChI=1S/C15H21N3O3/c1-11-5-3-4-8-15(11,14(20)21)17-13(19)7-6-12-9-16-18(2)10-12/h6-7,9-11H,3-5,8H2,1-2H3,(H,17,19)(H,20,21). The number of aryl methyl sites for hydroxylation is 1. The Labute approximate surface area is 123 Å². The highest BCUT2D eigenvalue weighted by atomic mass is 16.4. The van der Waals surface area contributed by atoms with E-state index in [1.54, 1.807) is 30.2 Å². The molecule has 6 heteroatoms. The third-order valence-corrected chi connectivity index (χ3v) is 4.18. The van der Waals surface area contributed by atoms with E-state index in [2.05, 4.69) is 10.4 Å². The second-order valence-electron chi connectivity index (χ2n) is 5.69. The van der Waals surface area contributed by atoms with E-state index in [1.807, 2.05) is 6.92 Å². The van der Waals surface area contributed by atoms with Gasteiger partial charge in [0.25, 0.3) is 0 Å². The Bertz CT molecular complexity index is 564. The number of carbonyl (C=O) groups excluding carboxylic acids is 1. The summed E-state index contributed by atoms with van der Waals surface area (Å²) in [6.07, 6.45) is 9.55. The molecule has 0 radical (unpaired) electrons. The number of carboxylic acids is 1. The largest absolute Gasteiger partial charge is 0.479 e. The van der Waals surface area contributed by atoms with Gasteiger partial charge in [0.05, 0.1) is 6.20 Å². The van der Waals surface area contributed by atoms with Crippen molar-refractivity contribution in [1.82, 2.24) is 15.1 Å². The van der Waals surface area contributed by atoms with Crippen LogP contribution in [-0.2, 0) is 16.6 Å². The Morgan fingerprint density at radius 1 is 1.52 bits per heavy atom. The van der Waals surface area contributed by atoms with Gasteiger partial charge in [-0.05, 0) is 24.8 Å². The average Bonchev–Trinajstić information content (AvgIpc) is 2.85. The molecule has 0 spiro atoms. The van der Waals surface area contributed by atoms with Gasteiger partial charge in [0.15, 0.2) is 0 Å². The quantitative estimate of drug-likeness (QED) is 0.825. The Morgan fingerprint density at radius 2 is 2.29 bits per heavy atom. The van der Waals surface area contributed by atoms with Crippen LogP contribution in [0.1, 0.15) is 38.2 Å². The third kappa shape index (κ3) is 3.32. The van der Waals surface area contributed by atoms with Crippen LogP contribution in [0.4, 0.5) is 0 Å². The summed E-state index contributed by atoms with van der Waals surface area (Å²) in [4.78, 5) is 23.7. The van der Waals surface area contributed by atoms with E-state index >= 15 is 0 Å². The minimum absolute atomic E-state index is 0.0699. The Balaban J connectivity index is 2.08. The number of hydrogen-bond acceptors (Lipinski definition) is 3. The highest BCUT2D eigenvalue weighted by Crippen LogP contribution is 2.33. The number of amides is 1. The predicted octanol–water partition coefficient (Wildman–Crippen LogP) is 1.58. The number of rotatable bonds is 4. The van der Waals surface area contributed by atoms with Crippen LogP contribution in [0.15, 0.2) is 18.5 Å². The summed E-state index contributed by atoms with van der Waals surface area (Å²) < 4.78 is 1.64. The molecule has 1 fully saturated rings. The number of hydrogen-bond donors (Lipinski definition) is 2. The lowest BCUT2D eigenvalue weighted by atomic mass is 9.73. The Hall–Kier alpha value is -2.11. The molecular formula is C15H21N3O3. The number of aromatic nitrogens is 2. The molecule has 1 heterocycles. The molecule has 0 saturated heterocycles. The second kappa shape index (κ2) is 6.11. The van der Waals surface area contributed by atoms with Gasteiger partial charge in [-0.3, -0.25) is 9.48 Å². The fraction of sp³-hybridized carbons (Fsp3) is 0.533. The molecule has 2 rings (SSSR count). The first-order valence-electron chi connectivity index (χ1n) is 7.16. The molecule has 1 amide bonds. The van der Waals surface area contributed by atoms with E-state index in [4.69, 9.17) is 0 Å². The van der Waals surface area contributed by atoms with E-state index in [-0.39, 0.29) is 11.8 Å². The summed E-state index contributed by atoms with van der Waals surface area (Å²) in [5.41, 5.74) is -0.344. The van der Waals surface area contributed by atoms with Gasteiger partial charge in [-0.25, -0.2) is 4.79 Å². The van der Waals surface area contributed by atoms with Gasteiger partial charge in [-0.15, -0.1) is 0 Å². The van der Waals surface area contributed by atoms with Crippen LogP contribution in [-0.4, -0.2) is 32.3 Å². The molecule has 0 bridgehead atoms. The fourth-order valence-electron chi connectivity index (χ4n) is 2.86. The first-order chi connectivity index (χ1) is 9.94. The molecule has 21 heavy (non-hydrogen) atoms. The van der Waals surface area contributed by atoms with Crippen LogP contribution in [0.5, 0.6) is 0 Å². The molecule has 1 aliphatic carbocycles. The average molecular weight is 291 g/mol. The zero-order valence-electron chi connectivity index (χ0n) is 12.4. The molecule has 2 unspecified atom stereocenters. The zero-order chi connectivity index (χ0) is 15.5. The molecule has 2 N–H and O–H groups in total. The molecule has 114 valence electrons. The van der Waals surface area contributed by atoms with Crippen molar-refractivity contribution in [2.75, 3.05) is 0 Å². The van der Waals surface area contributed by atoms with Crippen LogP contribution < -0.4 is 5.32 Å². The first kappa shape index (κ1) is 15.3. The van der Waals surface area contributed by atoms with Gasteiger partial charge in [-0.2, -0.15) is 5.10 Å². The molecular weight excluding hydrogens is 270 g/mol. The molecule has 1 aromatic rings. The van der Waals surface area contributed by atoms with Gasteiger partial charge in [-0.1, -0.05) is 19.8 Å². The minimum Gasteiger partial charge on any atom is -0.479 e. The van der Waals surface area contributed by atoms with Crippen LogP contribution in [0, 0.1) is 5.92 Å². The Morgan fingerprint density at radius 3 is 2.86 bits per heavy atom. The van der Waals surface area contributed by atoms with Crippen molar-refractivity contribution >= 4 is 18.0 Å². The third-order valence-electron chi connectivity index (χ3n) is 4.18. The molecule has 0 aliphatic heterocycles. The maximum atomic E-state index is 12.1. The monoisotopic (exact) mass is 291 g/mol. The number of nitrogens with zero attached hydrogens (tertiary/aromatic N) is 2. The van der Waals surface area contributed by atoms with E-state index in [0.29, 0.717) is 6.42 Å². The smallest absolute Gasteiger partial charge is 0.329 e. The van der Waals surface area contributed by atoms with E-state index < -0.39 is 11.5 Å². The molecule has 2 atom stereocenters. The van der Waals surface area contributed by atoms with Crippen molar-refractivity contribution in [1.29, 1.82) is 0 Å². The SMILES string of the molecule is CC1CCCCC1(NC(=O)C=Cc1cnn(C)c1)C(=O)O. The number of nitrogens with one attached hydrogen (secondary N) is 1. The minimum atomic E-state index is -1.14. The van der Waals surface area contributed by atoms with E-state index in [1.165, 1.54) is 6.08 Å². The van der Waals surface area contributed by atoms with Crippen LogP contribution >= 0.6 is 0 Å². The Kier molecular flexibility index (Phi) is 4.45. The second-order valence-corrected chi connectivity index (χ2v) is 5.69. The molecule has 1 aliphatic rings. The van der Waals surface area contributed by atoms with E-state index in [0.717, 1.165) is 24.8 Å². The van der Waals surface area contributed by atoms with E-state index in [9.17, 15) is 14.7 Å². The van der Waals surface area contributed by atoms with Gasteiger partial charge in [0, 0.05) is 24.9 Å². The number of carbonyl (C=O) groups is 2. The van der Waals surface area contributed by atoms with Crippen molar-refractivity contribution in [2.24, 2.45) is 13.0 Å². The van der Waals surface area contributed by atoms with Gasteiger partial charge in [0.2, 0.25) is 5.91 Å². The molecule has 0 aromatic carbocycles. The summed E-state index contributed by atoms with van der Waals surface area (Å²) >= 11 is 0. The number of aliphatic carboxylic acids is 1. The summed E-state index contributed by atoms with van der Waals surface area (Å²) in [5.74, 6) is -1.40. The lowest BCUT2D eigenvalue weighted by molar-refractivity contribution is -0.151. The number of carboxylic acid groups (broad SMARTS) is 1. The predicted molar refractivity (Wildman–Crippen MR) is 78.4 cm³/mol. The lowest BCUT2D eigenvalue weighted by Gasteiger charge is -2.39. The highest BCUT2D eigenvalue weighted by molar-refractivity contribution is 5.96. The first-order valence-corrected chi connectivity index (χ1v) is 7.16. The summed E-state index contributed by atoms with van der Waals surface area (Å²) in [7, 11) is 1.79. The van der Waals surface area contributed by atoms with Crippen molar-refractivity contribution in [2.45, 2.75) is 38.1 Å². The normalized spacial score (nSPS) is 25.9. The molecule has 1 aromatic heterocycles. The van der Waals surface area contributed by atoms with Gasteiger partial charge in [0.1, 0.15) is 5.54 Å². The summed E-state index contributed by atoms with van der Waals surface area (Å²) in [5, 5.41) is 16.3. The topological polar surface area (TPSA) is 84.2 Å². The summed E-state index contributed by atoms with van der Waals surface area (Å²) in [6.45, 7) is 1.89. The van der Waals surface area contributed by atoms with Crippen molar-refractivity contribution in [3.05, 3.63) is 24.0 Å². The van der Waals surface area contributed by atoms with Crippen LogP contribution in [0.25, 0.3) is 6.08 Å². The van der Waals surface area contributed by atoms with Crippen molar-refractivity contribution < 1.29 is 14.7 Å². The fourth-order valence-corrected chi connectivity index (χ4v) is 2.86. The van der Waals surface area contributed by atoms with Crippen molar-refractivity contribution in [3.8, 4) is 0 Å². The van der Waals surface area contributed by atoms with Crippen LogP contribution in [0.3, 0.4) is 0 Å². The van der Waals surface area contributed by atoms with Gasteiger partial charge >= 0.3 is 5.97 Å². The van der Waals surface area contributed by atoms with Crippen molar-refractivity contribution in [3.63, 3.8) is 0 Å². The zero-order valence-corrected chi connectivity index (χ0v) is 12.4. The lowest BCUT2D eigenvalue weighted by Crippen LogP contribution is -2.59. The molecule has 1 saturated carbocycles. The maximum Gasteiger partial charge on any atom is 0.329 e. The van der Waals surface area contributed by atoms with Gasteiger partial charge < -0.3 is 10.4 Å².